The van der Waals surface area contributed by atoms with E-state index in [1.165, 1.54) is 0 Å². The predicted molar refractivity (Wildman–Crippen MR) is 116 cm³/mol. The van der Waals surface area contributed by atoms with E-state index in [0.717, 1.165) is 21.8 Å². The van der Waals surface area contributed by atoms with E-state index in [-0.39, 0.29) is 0 Å². The van der Waals surface area contributed by atoms with Crippen LogP contribution in [-0.2, 0) is 16.1 Å². The highest BCUT2D eigenvalue weighted by molar-refractivity contribution is 6.51. The van der Waals surface area contributed by atoms with Crippen molar-refractivity contribution in [3.05, 3.63) is 70.0 Å². The Kier molecular flexibility index (Phi) is 4.05. The number of rotatable bonds is 3. The van der Waals surface area contributed by atoms with Gasteiger partial charge in [0.25, 0.3) is 11.8 Å². The van der Waals surface area contributed by atoms with E-state index in [1.807, 2.05) is 35.9 Å². The molecule has 0 unspecified atom stereocenters. The van der Waals surface area contributed by atoms with Gasteiger partial charge in [-0.15, -0.1) is 0 Å². The van der Waals surface area contributed by atoms with Gasteiger partial charge >= 0.3 is 0 Å². The minimum atomic E-state index is -0.410. The molecule has 0 bridgehead atoms. The number of aromatic amines is 1. The summed E-state index contributed by atoms with van der Waals surface area (Å²) in [6.07, 6.45) is 3.64. The van der Waals surface area contributed by atoms with Gasteiger partial charge in [0.2, 0.25) is 0 Å². The second-order valence-corrected chi connectivity index (χ2v) is 7.79. The average molecular weight is 424 g/mol. The van der Waals surface area contributed by atoms with Crippen LogP contribution in [0.25, 0.3) is 33.0 Å². The van der Waals surface area contributed by atoms with Gasteiger partial charge in [-0.3, -0.25) is 14.9 Å². The first-order valence-electron chi connectivity index (χ1n) is 9.13. The normalized spacial score (nSPS) is 14.4. The molecule has 4 aromatic rings. The molecule has 0 fully saturated rings. The van der Waals surface area contributed by atoms with E-state index in [1.54, 1.807) is 24.4 Å². The van der Waals surface area contributed by atoms with E-state index >= 15 is 0 Å². The van der Waals surface area contributed by atoms with Crippen molar-refractivity contribution < 1.29 is 9.59 Å². The first-order chi connectivity index (χ1) is 14.0. The van der Waals surface area contributed by atoms with Crippen molar-refractivity contribution >= 4 is 68.0 Å². The third-order valence-corrected chi connectivity index (χ3v) is 5.77. The van der Waals surface area contributed by atoms with Crippen LogP contribution in [0.4, 0.5) is 0 Å². The fourth-order valence-electron chi connectivity index (χ4n) is 4.00. The molecule has 1 aliphatic heterocycles. The Labute approximate surface area is 175 Å². The maximum Gasteiger partial charge on any atom is 0.259 e. The van der Waals surface area contributed by atoms with Crippen LogP contribution in [0, 0.1) is 0 Å². The topological polar surface area (TPSA) is 66.9 Å². The van der Waals surface area contributed by atoms with E-state index in [0.29, 0.717) is 38.9 Å². The smallest absolute Gasteiger partial charge is 0.259 e. The zero-order valence-electron chi connectivity index (χ0n) is 15.3. The number of nitrogens with zero attached hydrogens (tertiary/aromatic N) is 1. The zero-order chi connectivity index (χ0) is 20.3. The van der Waals surface area contributed by atoms with E-state index in [4.69, 9.17) is 23.2 Å². The molecule has 0 atom stereocenters. The summed E-state index contributed by atoms with van der Waals surface area (Å²) in [6.45, 7) is 2.73. The Bertz CT molecular complexity index is 1380. The summed E-state index contributed by atoms with van der Waals surface area (Å²) in [5.41, 5.74) is 3.81. The molecule has 5 nitrogen and oxygen atoms in total. The third kappa shape index (κ3) is 2.69. The summed E-state index contributed by atoms with van der Waals surface area (Å²) in [5.74, 6) is -0.814. The largest absolute Gasteiger partial charge is 0.360 e. The molecule has 2 N–H and O–H groups in total. The van der Waals surface area contributed by atoms with E-state index in [9.17, 15) is 9.59 Å². The van der Waals surface area contributed by atoms with Crippen LogP contribution in [0.5, 0.6) is 0 Å². The predicted octanol–water partition coefficient (Wildman–Crippen LogP) is 5.02. The maximum atomic E-state index is 12.8. The number of H-pyrrole nitrogens is 1. The molecule has 2 amide bonds. The molecule has 0 radical (unpaired) electrons. The van der Waals surface area contributed by atoms with E-state index in [2.05, 4.69) is 10.3 Å². The second kappa shape index (κ2) is 6.51. The molecular weight excluding hydrogens is 409 g/mol. The Morgan fingerprint density at radius 3 is 2.28 bits per heavy atom. The van der Waals surface area contributed by atoms with Gasteiger partial charge in [-0.25, -0.2) is 0 Å². The van der Waals surface area contributed by atoms with Crippen LogP contribution in [0.2, 0.25) is 10.0 Å². The van der Waals surface area contributed by atoms with Crippen molar-refractivity contribution in [2.45, 2.75) is 13.5 Å². The number of carbonyl (C=O) groups is 2. The quantitative estimate of drug-likeness (QED) is 0.454. The number of hydrogen-bond acceptors (Lipinski definition) is 2. The first kappa shape index (κ1) is 18.0. The number of aromatic nitrogens is 2. The number of halogens is 2. The lowest BCUT2D eigenvalue weighted by molar-refractivity contribution is -0.122. The van der Waals surface area contributed by atoms with Gasteiger partial charge in [0.15, 0.2) is 0 Å². The van der Waals surface area contributed by atoms with Gasteiger partial charge < -0.3 is 9.55 Å². The van der Waals surface area contributed by atoms with Gasteiger partial charge in [0.05, 0.1) is 16.7 Å². The van der Waals surface area contributed by atoms with Gasteiger partial charge in [0, 0.05) is 56.4 Å². The average Bonchev–Trinajstić information content (AvgIpc) is 3.33. The Morgan fingerprint density at radius 2 is 1.55 bits per heavy atom. The summed E-state index contributed by atoms with van der Waals surface area (Å²) < 4.78 is 2.02. The van der Waals surface area contributed by atoms with Crippen molar-refractivity contribution in [1.82, 2.24) is 14.9 Å². The molecule has 2 aromatic carbocycles. The van der Waals surface area contributed by atoms with Gasteiger partial charge in [0.1, 0.15) is 0 Å². The molecule has 1 aliphatic rings. The number of carbonyl (C=O) groups excluding carboxylic acids is 2. The van der Waals surface area contributed by atoms with E-state index < -0.39 is 11.8 Å². The van der Waals surface area contributed by atoms with Crippen LogP contribution in [-0.4, -0.2) is 21.4 Å². The highest BCUT2D eigenvalue weighted by Crippen LogP contribution is 2.39. The minimum Gasteiger partial charge on any atom is -0.360 e. The maximum absolute atomic E-state index is 12.8. The number of fused-ring (bicyclic) bond motifs is 2. The molecule has 0 spiro atoms. The number of hydrogen-bond donors (Lipinski definition) is 2. The molecular formula is C22H15Cl2N3O2. The van der Waals surface area contributed by atoms with Crippen LogP contribution in [0.1, 0.15) is 18.1 Å². The van der Waals surface area contributed by atoms with Crippen LogP contribution in [0.3, 0.4) is 0 Å². The monoisotopic (exact) mass is 423 g/mol. The van der Waals surface area contributed by atoms with Crippen LogP contribution in [0.15, 0.2) is 48.8 Å². The second-order valence-electron chi connectivity index (χ2n) is 6.92. The lowest BCUT2D eigenvalue weighted by Crippen LogP contribution is -2.22. The highest BCUT2D eigenvalue weighted by atomic mass is 35.5. The number of imide groups is 1. The molecule has 0 aliphatic carbocycles. The zero-order valence-corrected chi connectivity index (χ0v) is 16.9. The summed E-state index contributed by atoms with van der Waals surface area (Å²) in [4.78, 5) is 28.8. The van der Waals surface area contributed by atoms with Gasteiger partial charge in [-0.1, -0.05) is 35.3 Å². The van der Waals surface area contributed by atoms with Crippen molar-refractivity contribution in [3.63, 3.8) is 0 Å². The molecule has 29 heavy (non-hydrogen) atoms. The molecule has 7 heteroatoms. The lowest BCUT2D eigenvalue weighted by Gasteiger charge is -2.03. The molecule has 0 saturated heterocycles. The fourth-order valence-corrected chi connectivity index (χ4v) is 4.34. The van der Waals surface area contributed by atoms with Crippen LogP contribution >= 0.6 is 23.2 Å². The van der Waals surface area contributed by atoms with Crippen LogP contribution < -0.4 is 5.32 Å². The summed E-state index contributed by atoms with van der Waals surface area (Å²) >= 11 is 12.3. The molecule has 5 rings (SSSR count). The van der Waals surface area contributed by atoms with Gasteiger partial charge in [-0.05, 0) is 31.2 Å². The summed E-state index contributed by atoms with van der Waals surface area (Å²) in [6, 6.07) is 10.9. The fraction of sp³-hybridized carbons (Fsp3) is 0.0909. The first-order valence-corrected chi connectivity index (χ1v) is 9.89. The number of nitrogens with one attached hydrogen (secondary N) is 2. The number of benzene rings is 2. The third-order valence-electron chi connectivity index (χ3n) is 5.30. The number of amides is 2. The SMILES string of the molecule is CCn1cc(C2=C(c3c[nH]c4cc(Cl)ccc34)C(=O)NC2=O)c2ccc(Cl)cc21. The summed E-state index contributed by atoms with van der Waals surface area (Å²) in [7, 11) is 0. The Morgan fingerprint density at radius 1 is 0.897 bits per heavy atom. The standard InChI is InChI=1S/C22H15Cl2N3O2/c1-2-27-10-16(14-6-4-12(24)8-18(14)27)20-19(21(28)26-22(20)29)15-9-25-17-7-11(23)3-5-13(15)17/h3-10,25H,2H2,1H3,(H,26,28,29). The molecule has 3 heterocycles. The van der Waals surface area contributed by atoms with Gasteiger partial charge in [-0.2, -0.15) is 0 Å². The van der Waals surface area contributed by atoms with Crippen molar-refractivity contribution in [1.29, 1.82) is 0 Å². The molecule has 0 saturated carbocycles. The molecule has 144 valence electrons. The van der Waals surface area contributed by atoms with Crippen molar-refractivity contribution in [2.75, 3.05) is 0 Å². The van der Waals surface area contributed by atoms with Crippen molar-refractivity contribution in [2.24, 2.45) is 0 Å². The Hall–Kier alpha value is -3.02. The number of aryl methyl sites for hydroxylation is 1. The highest BCUT2D eigenvalue weighted by Gasteiger charge is 2.35. The summed E-state index contributed by atoms with van der Waals surface area (Å²) in [5, 5.41) is 5.37. The minimum absolute atomic E-state index is 0.355. The Balaban J connectivity index is 1.84. The lowest BCUT2D eigenvalue weighted by atomic mass is 9.95. The van der Waals surface area contributed by atoms with Crippen molar-refractivity contribution in [3.8, 4) is 0 Å². The molecule has 2 aromatic heterocycles.